The van der Waals surface area contributed by atoms with Crippen LogP contribution in [0.15, 0.2) is 41.7 Å². The summed E-state index contributed by atoms with van der Waals surface area (Å²) >= 11 is 5.66. The molecule has 0 bridgehead atoms. The third-order valence-corrected chi connectivity index (χ3v) is 3.97. The Hall–Kier alpha value is -1.37. The molecule has 0 saturated carbocycles. The number of sulfonamides is 1. The summed E-state index contributed by atoms with van der Waals surface area (Å²) in [5.41, 5.74) is 0.890. The van der Waals surface area contributed by atoms with Gasteiger partial charge in [0.15, 0.2) is 0 Å². The van der Waals surface area contributed by atoms with Crippen LogP contribution in [0.4, 0.5) is 0 Å². The summed E-state index contributed by atoms with van der Waals surface area (Å²) < 4.78 is 28.3. The van der Waals surface area contributed by atoms with Gasteiger partial charge >= 0.3 is 0 Å². The highest BCUT2D eigenvalue weighted by Crippen LogP contribution is 2.13. The van der Waals surface area contributed by atoms with Crippen LogP contribution in [0.25, 0.3) is 0 Å². The fourth-order valence-corrected chi connectivity index (χ4v) is 2.75. The van der Waals surface area contributed by atoms with Crippen molar-refractivity contribution in [3.8, 4) is 0 Å². The van der Waals surface area contributed by atoms with Gasteiger partial charge < -0.3 is 4.57 Å². The summed E-state index contributed by atoms with van der Waals surface area (Å²) in [6.07, 6.45) is 5.06. The van der Waals surface area contributed by atoms with Crippen molar-refractivity contribution in [1.29, 1.82) is 0 Å². The Morgan fingerprint density at radius 2 is 2.22 bits per heavy atom. The van der Waals surface area contributed by atoms with Gasteiger partial charge in [0.2, 0.25) is 10.0 Å². The van der Waals surface area contributed by atoms with Crippen LogP contribution >= 0.6 is 11.6 Å². The van der Waals surface area contributed by atoms with Crippen LogP contribution in [0.5, 0.6) is 0 Å². The van der Waals surface area contributed by atoms with Crippen molar-refractivity contribution >= 4 is 21.6 Å². The monoisotopic (exact) mass is 285 g/mol. The molecule has 0 radical (unpaired) electrons. The van der Waals surface area contributed by atoms with E-state index in [0.29, 0.717) is 0 Å². The largest absolute Gasteiger partial charge is 0.357 e. The second-order valence-corrected chi connectivity index (χ2v) is 5.98. The molecule has 0 aliphatic heterocycles. The van der Waals surface area contributed by atoms with E-state index in [4.69, 9.17) is 11.6 Å². The normalized spacial score (nSPS) is 11.7. The first-order chi connectivity index (χ1) is 8.47. The number of rotatable bonds is 4. The first kappa shape index (κ1) is 13.1. The Balaban J connectivity index is 2.13. The number of hydrogen-bond donors (Lipinski definition) is 1. The van der Waals surface area contributed by atoms with E-state index in [0.717, 1.165) is 5.56 Å². The molecular weight excluding hydrogens is 274 g/mol. The Morgan fingerprint density at radius 3 is 2.83 bits per heavy atom. The minimum Gasteiger partial charge on any atom is -0.357 e. The molecule has 0 atom stereocenters. The average molecular weight is 286 g/mol. The summed E-state index contributed by atoms with van der Waals surface area (Å²) in [7, 11) is -1.68. The predicted octanol–water partition coefficient (Wildman–Crippen LogP) is 1.55. The zero-order valence-electron chi connectivity index (χ0n) is 9.67. The first-order valence-corrected chi connectivity index (χ1v) is 7.05. The Kier molecular flexibility index (Phi) is 3.70. The number of halogens is 1. The fraction of sp³-hybridized carbons (Fsp3) is 0.182. The van der Waals surface area contributed by atoms with Crippen molar-refractivity contribution in [2.45, 2.75) is 11.4 Å². The van der Waals surface area contributed by atoms with E-state index in [9.17, 15) is 8.42 Å². The van der Waals surface area contributed by atoms with Crippen molar-refractivity contribution < 1.29 is 8.42 Å². The van der Waals surface area contributed by atoms with E-state index in [1.165, 1.54) is 18.3 Å². The van der Waals surface area contributed by atoms with Crippen molar-refractivity contribution in [1.82, 2.24) is 14.3 Å². The van der Waals surface area contributed by atoms with E-state index < -0.39 is 10.0 Å². The molecule has 0 aliphatic carbocycles. The van der Waals surface area contributed by atoms with Gasteiger partial charge in [-0.15, -0.1) is 0 Å². The van der Waals surface area contributed by atoms with E-state index in [1.54, 1.807) is 0 Å². The second kappa shape index (κ2) is 5.09. The number of aryl methyl sites for hydroxylation is 1. The minimum absolute atomic E-state index is 0.110. The standard InChI is InChI=1S/C11H12ClN3O2S/c1-15-5-3-9(8-15)7-14-18(16,17)10-2-4-13-11(12)6-10/h2-6,8,14H,7H2,1H3. The Labute approximate surface area is 110 Å². The molecule has 1 N–H and O–H groups in total. The molecule has 0 saturated heterocycles. The average Bonchev–Trinajstić information content (AvgIpc) is 2.73. The lowest BCUT2D eigenvalue weighted by molar-refractivity contribution is 0.581. The van der Waals surface area contributed by atoms with Crippen LogP contribution < -0.4 is 4.72 Å². The highest BCUT2D eigenvalue weighted by atomic mass is 35.5. The number of nitrogens with zero attached hydrogens (tertiary/aromatic N) is 2. The van der Waals surface area contributed by atoms with Crippen LogP contribution in [0.1, 0.15) is 5.56 Å². The third-order valence-electron chi connectivity index (χ3n) is 2.37. The van der Waals surface area contributed by atoms with Gasteiger partial charge in [-0.1, -0.05) is 11.6 Å². The van der Waals surface area contributed by atoms with E-state index >= 15 is 0 Å². The summed E-state index contributed by atoms with van der Waals surface area (Å²) in [5, 5.41) is 0.151. The van der Waals surface area contributed by atoms with Crippen LogP contribution in [0.2, 0.25) is 5.15 Å². The Bertz CT molecular complexity index is 652. The molecule has 5 nitrogen and oxygen atoms in total. The molecule has 0 aromatic carbocycles. The smallest absolute Gasteiger partial charge is 0.241 e. The lowest BCUT2D eigenvalue weighted by Gasteiger charge is -2.05. The molecule has 18 heavy (non-hydrogen) atoms. The van der Waals surface area contributed by atoms with Crippen LogP contribution in [-0.4, -0.2) is 18.0 Å². The van der Waals surface area contributed by atoms with Crippen molar-refractivity contribution in [2.75, 3.05) is 0 Å². The first-order valence-electron chi connectivity index (χ1n) is 5.19. The maximum Gasteiger partial charge on any atom is 0.241 e. The van der Waals surface area contributed by atoms with Gasteiger partial charge in [0.05, 0.1) is 4.90 Å². The van der Waals surface area contributed by atoms with Crippen LogP contribution in [-0.2, 0) is 23.6 Å². The minimum atomic E-state index is -3.56. The van der Waals surface area contributed by atoms with Gasteiger partial charge in [-0.05, 0) is 23.8 Å². The summed E-state index contributed by atoms with van der Waals surface area (Å²) in [6.45, 7) is 0.239. The molecule has 2 aromatic heterocycles. The van der Waals surface area contributed by atoms with E-state index in [1.807, 2.05) is 30.1 Å². The molecule has 2 aromatic rings. The van der Waals surface area contributed by atoms with Crippen LogP contribution in [0, 0.1) is 0 Å². The maximum atomic E-state index is 12.0. The SMILES string of the molecule is Cn1ccc(CNS(=O)(=O)c2ccnc(Cl)c2)c1. The van der Waals surface area contributed by atoms with Gasteiger partial charge in [0, 0.05) is 32.2 Å². The molecule has 0 fully saturated rings. The van der Waals surface area contributed by atoms with E-state index in [-0.39, 0.29) is 16.6 Å². The van der Waals surface area contributed by atoms with E-state index in [2.05, 4.69) is 9.71 Å². The molecule has 0 amide bonds. The summed E-state index contributed by atoms with van der Waals surface area (Å²) in [5.74, 6) is 0. The highest BCUT2D eigenvalue weighted by molar-refractivity contribution is 7.89. The second-order valence-electron chi connectivity index (χ2n) is 3.82. The zero-order chi connectivity index (χ0) is 13.2. The molecule has 7 heteroatoms. The number of pyridine rings is 1. The zero-order valence-corrected chi connectivity index (χ0v) is 11.2. The van der Waals surface area contributed by atoms with Gasteiger partial charge in [0.1, 0.15) is 5.15 Å². The van der Waals surface area contributed by atoms with Crippen molar-refractivity contribution in [3.05, 3.63) is 47.5 Å². The molecule has 0 unspecified atom stereocenters. The maximum absolute atomic E-state index is 12.0. The van der Waals surface area contributed by atoms with Gasteiger partial charge in [-0.3, -0.25) is 0 Å². The molecular formula is C11H12ClN3O2S. The molecule has 0 aliphatic rings. The lowest BCUT2D eigenvalue weighted by Crippen LogP contribution is -2.23. The quantitative estimate of drug-likeness (QED) is 0.867. The molecule has 0 spiro atoms. The fourth-order valence-electron chi connectivity index (χ4n) is 1.48. The van der Waals surface area contributed by atoms with Crippen molar-refractivity contribution in [3.63, 3.8) is 0 Å². The van der Waals surface area contributed by atoms with Crippen molar-refractivity contribution in [2.24, 2.45) is 7.05 Å². The van der Waals surface area contributed by atoms with Crippen LogP contribution in [0.3, 0.4) is 0 Å². The summed E-state index contributed by atoms with van der Waals surface area (Å²) in [4.78, 5) is 3.85. The topological polar surface area (TPSA) is 64.0 Å². The highest BCUT2D eigenvalue weighted by Gasteiger charge is 2.14. The number of hydrogen-bond acceptors (Lipinski definition) is 3. The van der Waals surface area contributed by atoms with Gasteiger partial charge in [-0.2, -0.15) is 0 Å². The van der Waals surface area contributed by atoms with Gasteiger partial charge in [-0.25, -0.2) is 18.1 Å². The molecule has 2 rings (SSSR count). The molecule has 2 heterocycles. The Morgan fingerprint density at radius 1 is 1.44 bits per heavy atom. The number of nitrogens with one attached hydrogen (secondary N) is 1. The van der Waals surface area contributed by atoms with Gasteiger partial charge in [0.25, 0.3) is 0 Å². The third kappa shape index (κ3) is 3.10. The predicted molar refractivity (Wildman–Crippen MR) is 68.7 cm³/mol. The lowest BCUT2D eigenvalue weighted by atomic mass is 10.4. The summed E-state index contributed by atoms with van der Waals surface area (Å²) in [6, 6.07) is 4.57. The molecule has 96 valence electrons. The number of aromatic nitrogens is 2.